The van der Waals surface area contributed by atoms with E-state index in [4.69, 9.17) is 17.3 Å². The Morgan fingerprint density at radius 3 is 3.16 bits per heavy atom. The van der Waals surface area contributed by atoms with Crippen molar-refractivity contribution in [3.05, 3.63) is 16.5 Å². The Bertz CT molecular complexity index is 552. The van der Waals surface area contributed by atoms with Gasteiger partial charge in [0.25, 0.3) is 0 Å². The average molecular weight is 298 g/mol. The zero-order chi connectivity index (χ0) is 13.2. The fourth-order valence-electron chi connectivity index (χ4n) is 2.39. The number of halogens is 1. The maximum atomic E-state index is 5.94. The van der Waals surface area contributed by atoms with Crippen LogP contribution in [0.15, 0.2) is 12.1 Å². The number of hydrogen-bond donors (Lipinski definition) is 2. The van der Waals surface area contributed by atoms with E-state index in [0.29, 0.717) is 5.92 Å². The number of hydrogen-bond acceptors (Lipinski definition) is 5. The highest BCUT2D eigenvalue weighted by atomic mass is 35.5. The molecule has 1 atom stereocenters. The van der Waals surface area contributed by atoms with Gasteiger partial charge in [-0.2, -0.15) is 4.98 Å². The molecule has 0 spiro atoms. The Labute approximate surface area is 120 Å². The molecule has 1 unspecified atom stereocenters. The predicted octanol–water partition coefficient (Wildman–Crippen LogP) is 2.36. The standard InChI is InChI=1S/C12H16ClN5S/c13-10-4-3-9(19-10)11-15-12(17-16-11)18-5-1-2-8(6-14)7-18/h3-4,8H,1-2,5-7,14H2,(H,15,16,17). The van der Waals surface area contributed by atoms with Crippen molar-refractivity contribution >= 4 is 28.9 Å². The number of aromatic nitrogens is 3. The number of aromatic amines is 1. The van der Waals surface area contributed by atoms with E-state index >= 15 is 0 Å². The Balaban J connectivity index is 1.77. The van der Waals surface area contributed by atoms with Crippen molar-refractivity contribution in [1.29, 1.82) is 0 Å². The Hall–Kier alpha value is -1.11. The number of nitrogens with one attached hydrogen (secondary N) is 1. The molecule has 0 amide bonds. The minimum Gasteiger partial charge on any atom is -0.339 e. The number of piperidine rings is 1. The predicted molar refractivity (Wildman–Crippen MR) is 78.7 cm³/mol. The summed E-state index contributed by atoms with van der Waals surface area (Å²) in [4.78, 5) is 7.77. The third-order valence-electron chi connectivity index (χ3n) is 3.42. The number of thiophene rings is 1. The van der Waals surface area contributed by atoms with E-state index < -0.39 is 0 Å². The molecule has 1 aliphatic heterocycles. The Morgan fingerprint density at radius 1 is 1.53 bits per heavy atom. The highest BCUT2D eigenvalue weighted by Gasteiger charge is 2.22. The third-order valence-corrected chi connectivity index (χ3v) is 4.65. The summed E-state index contributed by atoms with van der Waals surface area (Å²) in [5.41, 5.74) is 5.75. The molecule has 3 rings (SSSR count). The smallest absolute Gasteiger partial charge is 0.245 e. The highest BCUT2D eigenvalue weighted by Crippen LogP contribution is 2.30. The molecule has 2 aromatic rings. The first-order valence-corrected chi connectivity index (χ1v) is 7.59. The second-order valence-corrected chi connectivity index (χ2v) is 6.49. The second-order valence-electron chi connectivity index (χ2n) is 4.78. The van der Waals surface area contributed by atoms with Crippen LogP contribution in [0.3, 0.4) is 0 Å². The summed E-state index contributed by atoms with van der Waals surface area (Å²) in [5, 5.41) is 7.29. The molecule has 1 saturated heterocycles. The summed E-state index contributed by atoms with van der Waals surface area (Å²) in [6, 6.07) is 3.82. The van der Waals surface area contributed by atoms with Crippen LogP contribution in [0.1, 0.15) is 12.8 Å². The van der Waals surface area contributed by atoms with Crippen LogP contribution in [0.5, 0.6) is 0 Å². The molecule has 0 radical (unpaired) electrons. The fourth-order valence-corrected chi connectivity index (χ4v) is 3.37. The molecule has 3 N–H and O–H groups in total. The minimum absolute atomic E-state index is 0.548. The van der Waals surface area contributed by atoms with Crippen LogP contribution in [0, 0.1) is 5.92 Å². The van der Waals surface area contributed by atoms with Crippen LogP contribution < -0.4 is 10.6 Å². The van der Waals surface area contributed by atoms with E-state index in [1.807, 2.05) is 12.1 Å². The molecule has 0 aliphatic carbocycles. The van der Waals surface area contributed by atoms with Gasteiger partial charge in [0.15, 0.2) is 5.82 Å². The highest BCUT2D eigenvalue weighted by molar-refractivity contribution is 7.19. The molecule has 1 aliphatic rings. The lowest BCUT2D eigenvalue weighted by Crippen LogP contribution is -2.38. The van der Waals surface area contributed by atoms with Crippen LogP contribution in [-0.2, 0) is 0 Å². The van der Waals surface area contributed by atoms with Crippen molar-refractivity contribution in [2.75, 3.05) is 24.5 Å². The first-order chi connectivity index (χ1) is 9.26. The van der Waals surface area contributed by atoms with Gasteiger partial charge >= 0.3 is 0 Å². The minimum atomic E-state index is 0.548. The largest absolute Gasteiger partial charge is 0.339 e. The van der Waals surface area contributed by atoms with Crippen molar-refractivity contribution in [3.8, 4) is 10.7 Å². The summed E-state index contributed by atoms with van der Waals surface area (Å²) in [5.74, 6) is 2.09. The lowest BCUT2D eigenvalue weighted by Gasteiger charge is -2.31. The number of anilines is 1. The van der Waals surface area contributed by atoms with Gasteiger partial charge in [-0.05, 0) is 37.4 Å². The van der Waals surface area contributed by atoms with E-state index in [2.05, 4.69) is 20.1 Å². The Morgan fingerprint density at radius 2 is 2.42 bits per heavy atom. The molecule has 3 heterocycles. The van der Waals surface area contributed by atoms with Gasteiger partial charge in [-0.1, -0.05) is 11.6 Å². The van der Waals surface area contributed by atoms with E-state index in [0.717, 1.165) is 47.0 Å². The van der Waals surface area contributed by atoms with Gasteiger partial charge in [-0.25, -0.2) is 0 Å². The van der Waals surface area contributed by atoms with Crippen LogP contribution in [0.25, 0.3) is 10.7 Å². The fraction of sp³-hybridized carbons (Fsp3) is 0.500. The summed E-state index contributed by atoms with van der Waals surface area (Å²) in [6.45, 7) is 2.67. The van der Waals surface area contributed by atoms with Crippen molar-refractivity contribution in [2.45, 2.75) is 12.8 Å². The molecule has 102 valence electrons. The quantitative estimate of drug-likeness (QED) is 0.912. The molecule has 0 saturated carbocycles. The SMILES string of the molecule is NCC1CCCN(c2n[nH]c(-c3ccc(Cl)s3)n2)C1. The number of nitrogens with zero attached hydrogens (tertiary/aromatic N) is 3. The molecule has 7 heteroatoms. The monoisotopic (exact) mass is 297 g/mol. The molecular weight excluding hydrogens is 282 g/mol. The third kappa shape index (κ3) is 2.75. The van der Waals surface area contributed by atoms with Gasteiger partial charge in [-0.3, -0.25) is 5.10 Å². The molecule has 1 fully saturated rings. The van der Waals surface area contributed by atoms with Gasteiger partial charge in [0, 0.05) is 13.1 Å². The molecule has 0 aromatic carbocycles. The molecule has 5 nitrogen and oxygen atoms in total. The molecule has 0 bridgehead atoms. The maximum Gasteiger partial charge on any atom is 0.245 e. The van der Waals surface area contributed by atoms with Crippen molar-refractivity contribution in [1.82, 2.24) is 15.2 Å². The Kier molecular flexibility index (Phi) is 3.72. The van der Waals surface area contributed by atoms with Crippen LogP contribution in [0.2, 0.25) is 4.34 Å². The average Bonchev–Trinajstić information content (AvgIpc) is 3.07. The molecular formula is C12H16ClN5S. The van der Waals surface area contributed by atoms with Crippen molar-refractivity contribution in [3.63, 3.8) is 0 Å². The number of nitrogens with two attached hydrogens (primary N) is 1. The second kappa shape index (κ2) is 5.48. The van der Waals surface area contributed by atoms with E-state index in [-0.39, 0.29) is 0 Å². The first-order valence-electron chi connectivity index (χ1n) is 6.39. The molecule has 19 heavy (non-hydrogen) atoms. The van der Waals surface area contributed by atoms with Crippen LogP contribution >= 0.6 is 22.9 Å². The van der Waals surface area contributed by atoms with E-state index in [9.17, 15) is 0 Å². The molecule has 2 aromatic heterocycles. The first kappa shape index (κ1) is 12.9. The zero-order valence-electron chi connectivity index (χ0n) is 10.5. The zero-order valence-corrected chi connectivity index (χ0v) is 12.0. The maximum absolute atomic E-state index is 5.94. The summed E-state index contributed by atoms with van der Waals surface area (Å²) in [7, 11) is 0. The van der Waals surface area contributed by atoms with Gasteiger partial charge in [-0.15, -0.1) is 16.4 Å². The summed E-state index contributed by atoms with van der Waals surface area (Å²) >= 11 is 7.43. The van der Waals surface area contributed by atoms with Gasteiger partial charge in [0.1, 0.15) is 0 Å². The van der Waals surface area contributed by atoms with Gasteiger partial charge in [0.2, 0.25) is 5.95 Å². The van der Waals surface area contributed by atoms with Crippen LogP contribution in [-0.4, -0.2) is 34.8 Å². The van der Waals surface area contributed by atoms with Crippen molar-refractivity contribution < 1.29 is 0 Å². The van der Waals surface area contributed by atoms with Gasteiger partial charge < -0.3 is 10.6 Å². The number of rotatable bonds is 3. The number of H-pyrrole nitrogens is 1. The lowest BCUT2D eigenvalue weighted by atomic mass is 9.99. The summed E-state index contributed by atoms with van der Waals surface area (Å²) < 4.78 is 0.758. The topological polar surface area (TPSA) is 70.8 Å². The lowest BCUT2D eigenvalue weighted by molar-refractivity contribution is 0.420. The van der Waals surface area contributed by atoms with Crippen molar-refractivity contribution in [2.24, 2.45) is 11.7 Å². The van der Waals surface area contributed by atoms with Crippen LogP contribution in [0.4, 0.5) is 5.95 Å². The van der Waals surface area contributed by atoms with Gasteiger partial charge in [0.05, 0.1) is 9.21 Å². The normalized spacial score (nSPS) is 19.9. The van der Waals surface area contributed by atoms with E-state index in [1.54, 1.807) is 0 Å². The summed E-state index contributed by atoms with van der Waals surface area (Å²) in [6.07, 6.45) is 2.35. The van der Waals surface area contributed by atoms with E-state index in [1.165, 1.54) is 17.8 Å².